The maximum absolute atomic E-state index is 13.3. The van der Waals surface area contributed by atoms with Crippen LogP contribution in [-0.2, 0) is 0 Å². The van der Waals surface area contributed by atoms with Gasteiger partial charge in [0, 0.05) is 43.2 Å². The highest BCUT2D eigenvalue weighted by atomic mass is 16.5. The third-order valence-electron chi connectivity index (χ3n) is 5.85. The number of likely N-dealkylation sites (tertiary alicyclic amines) is 1. The van der Waals surface area contributed by atoms with Gasteiger partial charge in [-0.15, -0.1) is 5.10 Å². The highest BCUT2D eigenvalue weighted by molar-refractivity contribution is 5.97. The second-order valence-corrected chi connectivity index (χ2v) is 7.89. The molecule has 2 aliphatic rings. The lowest BCUT2D eigenvalue weighted by molar-refractivity contribution is 0.0782. The fourth-order valence-corrected chi connectivity index (χ4v) is 3.98. The van der Waals surface area contributed by atoms with E-state index in [1.165, 1.54) is 30.6 Å². The predicted octanol–water partition coefficient (Wildman–Crippen LogP) is 2.40. The number of amides is 1. The molecule has 1 saturated heterocycles. The molecule has 0 radical (unpaired) electrons. The van der Waals surface area contributed by atoms with Crippen molar-refractivity contribution in [2.45, 2.75) is 31.2 Å². The number of rotatable bonds is 5. The Labute approximate surface area is 173 Å². The van der Waals surface area contributed by atoms with Crippen LogP contribution < -0.4 is 10.3 Å². The lowest BCUT2D eigenvalue weighted by Crippen LogP contribution is -2.31. The van der Waals surface area contributed by atoms with Gasteiger partial charge in [-0.05, 0) is 31.4 Å². The Hall–Kier alpha value is -3.42. The zero-order valence-corrected chi connectivity index (χ0v) is 16.8. The molecule has 0 bridgehead atoms. The van der Waals surface area contributed by atoms with E-state index in [9.17, 15) is 9.59 Å². The summed E-state index contributed by atoms with van der Waals surface area (Å²) in [5, 5.41) is 8.57. The first kappa shape index (κ1) is 18.6. The summed E-state index contributed by atoms with van der Waals surface area (Å²) in [6, 6.07) is 10.7. The van der Waals surface area contributed by atoms with Gasteiger partial charge in [0.25, 0.3) is 11.5 Å². The minimum atomic E-state index is -0.246. The van der Waals surface area contributed by atoms with Crippen molar-refractivity contribution in [2.24, 2.45) is 0 Å². The highest BCUT2D eigenvalue weighted by Gasteiger charge is 2.32. The molecule has 0 spiro atoms. The maximum atomic E-state index is 13.3. The van der Waals surface area contributed by atoms with Crippen LogP contribution in [0.15, 0.2) is 53.6 Å². The average molecular weight is 405 g/mol. The molecular formula is C22H23N5O3. The van der Waals surface area contributed by atoms with Crippen molar-refractivity contribution in [3.05, 3.63) is 70.4 Å². The van der Waals surface area contributed by atoms with Gasteiger partial charge in [0.1, 0.15) is 5.75 Å². The van der Waals surface area contributed by atoms with E-state index in [2.05, 4.69) is 10.3 Å². The lowest BCUT2D eigenvalue weighted by atomic mass is 10.2. The Balaban J connectivity index is 1.40. The van der Waals surface area contributed by atoms with E-state index in [4.69, 9.17) is 4.74 Å². The van der Waals surface area contributed by atoms with E-state index in [0.717, 1.165) is 12.1 Å². The molecule has 8 heteroatoms. The van der Waals surface area contributed by atoms with Gasteiger partial charge in [-0.25, -0.2) is 4.68 Å². The number of aromatic nitrogens is 4. The largest absolute Gasteiger partial charge is 0.496 e. The molecule has 0 N–H and O–H groups in total. The SMILES string of the molecule is COc1cc(=O)n(-c2ccccc2)cc1C(=O)N1CC[C@H](n2cc(C3CC3)nn2)C1. The molecule has 8 nitrogen and oxygen atoms in total. The first-order valence-corrected chi connectivity index (χ1v) is 10.2. The van der Waals surface area contributed by atoms with Crippen LogP contribution in [-0.4, -0.2) is 50.6 Å². The number of para-hydroxylation sites is 1. The highest BCUT2D eigenvalue weighted by Crippen LogP contribution is 2.39. The molecule has 1 atom stereocenters. The first-order chi connectivity index (χ1) is 14.6. The molecule has 3 aromatic rings. The standard InChI is InChI=1S/C22H23N5O3/c1-30-20-11-21(28)26(16-5-3-2-4-6-16)13-18(20)22(29)25-10-9-17(12-25)27-14-19(23-24-27)15-7-8-15/h2-6,11,13-15,17H,7-10,12H2,1H3/t17-/m0/s1. The van der Waals surface area contributed by atoms with E-state index in [-0.39, 0.29) is 23.3 Å². The summed E-state index contributed by atoms with van der Waals surface area (Å²) < 4.78 is 8.72. The molecule has 1 aliphatic heterocycles. The van der Waals surface area contributed by atoms with Gasteiger partial charge < -0.3 is 9.64 Å². The van der Waals surface area contributed by atoms with Crippen LogP contribution >= 0.6 is 0 Å². The average Bonchev–Trinajstić information content (AvgIpc) is 3.30. The maximum Gasteiger partial charge on any atom is 0.259 e. The normalized spacial score (nSPS) is 18.6. The second-order valence-electron chi connectivity index (χ2n) is 7.89. The monoisotopic (exact) mass is 405 g/mol. The van der Waals surface area contributed by atoms with Gasteiger partial charge in [-0.1, -0.05) is 23.4 Å². The number of hydrogen-bond donors (Lipinski definition) is 0. The van der Waals surface area contributed by atoms with Crippen molar-refractivity contribution in [3.63, 3.8) is 0 Å². The summed E-state index contributed by atoms with van der Waals surface area (Å²) in [6.07, 6.45) is 6.79. The van der Waals surface area contributed by atoms with E-state index >= 15 is 0 Å². The van der Waals surface area contributed by atoms with Crippen molar-refractivity contribution in [3.8, 4) is 11.4 Å². The smallest absolute Gasteiger partial charge is 0.259 e. The zero-order valence-electron chi connectivity index (χ0n) is 16.8. The molecule has 5 rings (SSSR count). The van der Waals surface area contributed by atoms with E-state index in [1.54, 1.807) is 11.1 Å². The zero-order chi connectivity index (χ0) is 20.7. The number of methoxy groups -OCH3 is 1. The number of hydrogen-bond acceptors (Lipinski definition) is 5. The predicted molar refractivity (Wildman–Crippen MR) is 110 cm³/mol. The molecule has 30 heavy (non-hydrogen) atoms. The molecule has 2 aromatic heterocycles. The molecule has 1 saturated carbocycles. The fourth-order valence-electron chi connectivity index (χ4n) is 3.98. The summed E-state index contributed by atoms with van der Waals surface area (Å²) in [6.45, 7) is 1.18. The Morgan fingerprint density at radius 1 is 1.13 bits per heavy atom. The Kier molecular flexibility index (Phi) is 4.61. The molecule has 154 valence electrons. The number of benzene rings is 1. The van der Waals surface area contributed by atoms with Crippen LogP contribution in [0.3, 0.4) is 0 Å². The summed E-state index contributed by atoms with van der Waals surface area (Å²) in [4.78, 5) is 27.6. The van der Waals surface area contributed by atoms with Crippen molar-refractivity contribution in [2.75, 3.05) is 20.2 Å². The van der Waals surface area contributed by atoms with E-state index in [1.807, 2.05) is 41.2 Å². The summed E-state index contributed by atoms with van der Waals surface area (Å²) in [7, 11) is 1.47. The van der Waals surface area contributed by atoms with Crippen LogP contribution in [0.5, 0.6) is 5.75 Å². The third-order valence-corrected chi connectivity index (χ3v) is 5.85. The Morgan fingerprint density at radius 2 is 1.93 bits per heavy atom. The number of nitrogens with zero attached hydrogens (tertiary/aromatic N) is 5. The summed E-state index contributed by atoms with van der Waals surface area (Å²) >= 11 is 0. The molecule has 3 heterocycles. The minimum absolute atomic E-state index is 0.111. The molecule has 2 fully saturated rings. The Morgan fingerprint density at radius 3 is 2.67 bits per heavy atom. The topological polar surface area (TPSA) is 82.2 Å². The van der Waals surface area contributed by atoms with Gasteiger partial charge in [0.15, 0.2) is 0 Å². The first-order valence-electron chi connectivity index (χ1n) is 10.2. The number of ether oxygens (including phenoxy) is 1. The molecular weight excluding hydrogens is 382 g/mol. The Bertz CT molecular complexity index is 1130. The van der Waals surface area contributed by atoms with Crippen molar-refractivity contribution in [1.82, 2.24) is 24.5 Å². The molecule has 1 amide bonds. The van der Waals surface area contributed by atoms with Gasteiger partial charge in [-0.3, -0.25) is 14.2 Å². The van der Waals surface area contributed by atoms with Gasteiger partial charge in [0.05, 0.1) is 24.4 Å². The lowest BCUT2D eigenvalue weighted by Gasteiger charge is -2.19. The number of carbonyl (C=O) groups excluding carboxylic acids is 1. The van der Waals surface area contributed by atoms with Crippen LogP contribution in [0.25, 0.3) is 5.69 Å². The molecule has 1 aromatic carbocycles. The fraction of sp³-hybridized carbons (Fsp3) is 0.364. The summed E-state index contributed by atoms with van der Waals surface area (Å²) in [5.74, 6) is 0.695. The van der Waals surface area contributed by atoms with Crippen LogP contribution in [0.4, 0.5) is 0 Å². The number of pyridine rings is 1. The van der Waals surface area contributed by atoms with Crippen molar-refractivity contribution < 1.29 is 9.53 Å². The quantitative estimate of drug-likeness (QED) is 0.651. The summed E-state index contributed by atoms with van der Waals surface area (Å²) in [5.41, 5.74) is 1.88. The second kappa shape index (κ2) is 7.44. The number of carbonyl (C=O) groups is 1. The molecule has 1 aliphatic carbocycles. The van der Waals surface area contributed by atoms with Crippen LogP contribution in [0.1, 0.15) is 47.3 Å². The van der Waals surface area contributed by atoms with Gasteiger partial charge >= 0.3 is 0 Å². The van der Waals surface area contributed by atoms with Crippen LogP contribution in [0.2, 0.25) is 0 Å². The van der Waals surface area contributed by atoms with Crippen molar-refractivity contribution >= 4 is 5.91 Å². The van der Waals surface area contributed by atoms with Crippen LogP contribution in [0, 0.1) is 0 Å². The van der Waals surface area contributed by atoms with E-state index in [0.29, 0.717) is 30.3 Å². The minimum Gasteiger partial charge on any atom is -0.496 e. The molecule has 0 unspecified atom stereocenters. The van der Waals surface area contributed by atoms with Gasteiger partial charge in [0.2, 0.25) is 0 Å². The van der Waals surface area contributed by atoms with E-state index < -0.39 is 0 Å². The van der Waals surface area contributed by atoms with Gasteiger partial charge in [-0.2, -0.15) is 0 Å². The third kappa shape index (κ3) is 3.38. The van der Waals surface area contributed by atoms with Crippen molar-refractivity contribution in [1.29, 1.82) is 0 Å².